The largest absolute Gasteiger partial charge is 0.281 e. The van der Waals surface area contributed by atoms with Crippen molar-refractivity contribution in [1.29, 1.82) is 0 Å². The fourth-order valence-corrected chi connectivity index (χ4v) is 2.17. The Morgan fingerprint density at radius 2 is 2.00 bits per heavy atom. The van der Waals surface area contributed by atoms with Crippen LogP contribution in [0.1, 0.15) is 28.6 Å². The Morgan fingerprint density at radius 3 is 2.61 bits per heavy atom. The Morgan fingerprint density at radius 1 is 1.22 bits per heavy atom. The summed E-state index contributed by atoms with van der Waals surface area (Å²) in [4.78, 5) is 12.4. The number of nitrogens with zero attached hydrogens (tertiary/aromatic N) is 1. The number of benzene rings is 1. The van der Waals surface area contributed by atoms with Crippen LogP contribution in [-0.2, 0) is 0 Å². The van der Waals surface area contributed by atoms with Gasteiger partial charge < -0.3 is 0 Å². The van der Waals surface area contributed by atoms with Gasteiger partial charge in [0.05, 0.1) is 10.6 Å². The lowest BCUT2D eigenvalue weighted by Gasteiger charge is -2.04. The lowest BCUT2D eigenvalue weighted by molar-refractivity contribution is 0.0959. The first-order valence-corrected chi connectivity index (χ1v) is 6.65. The molecule has 0 aliphatic heterocycles. The highest BCUT2D eigenvalue weighted by Gasteiger charge is 2.06. The number of carbonyl (C=O) groups excluding carboxylic acids is 1. The normalized spacial score (nSPS) is 11.3. The van der Waals surface area contributed by atoms with E-state index in [0.29, 0.717) is 4.88 Å². The van der Waals surface area contributed by atoms with E-state index in [1.807, 2.05) is 48.7 Å². The van der Waals surface area contributed by atoms with Crippen molar-refractivity contribution in [2.75, 3.05) is 0 Å². The van der Waals surface area contributed by atoms with Gasteiger partial charge in [-0.3, -0.25) is 4.79 Å². The van der Waals surface area contributed by atoms with E-state index < -0.39 is 0 Å². The van der Waals surface area contributed by atoms with E-state index in [4.69, 9.17) is 0 Å². The van der Waals surface area contributed by atoms with Crippen LogP contribution in [0.25, 0.3) is 0 Å². The molecular weight excluding hydrogens is 244 g/mol. The number of nitrogens with one attached hydrogen (secondary N) is 1. The Kier molecular flexibility index (Phi) is 4.25. The van der Waals surface area contributed by atoms with Crippen LogP contribution in [0.5, 0.6) is 0 Å². The van der Waals surface area contributed by atoms with Crippen molar-refractivity contribution in [1.82, 2.24) is 5.43 Å². The summed E-state index contributed by atoms with van der Waals surface area (Å²) in [6, 6.07) is 13.5. The van der Waals surface area contributed by atoms with E-state index in [9.17, 15) is 4.79 Å². The molecule has 0 atom stereocenters. The third-order valence-electron chi connectivity index (χ3n) is 2.48. The molecule has 0 aliphatic rings. The molecule has 4 heteroatoms. The third-order valence-corrected chi connectivity index (χ3v) is 3.35. The van der Waals surface area contributed by atoms with Gasteiger partial charge >= 0.3 is 0 Å². The molecule has 1 heterocycles. The lowest BCUT2D eigenvalue weighted by atomic mass is 10.1. The van der Waals surface area contributed by atoms with Crippen LogP contribution in [0.4, 0.5) is 0 Å². The summed E-state index contributed by atoms with van der Waals surface area (Å²) in [5.74, 6) is -0.160. The SMILES string of the molecule is CC/C(=N\NC(=O)c1cccs1)c1ccccc1. The summed E-state index contributed by atoms with van der Waals surface area (Å²) in [6.45, 7) is 2.02. The van der Waals surface area contributed by atoms with Crippen molar-refractivity contribution in [3.63, 3.8) is 0 Å². The Balaban J connectivity index is 2.10. The number of amides is 1. The minimum Gasteiger partial charge on any atom is -0.266 e. The average molecular weight is 258 g/mol. The number of rotatable bonds is 4. The summed E-state index contributed by atoms with van der Waals surface area (Å²) in [5, 5.41) is 6.06. The first-order valence-electron chi connectivity index (χ1n) is 5.77. The highest BCUT2D eigenvalue weighted by atomic mass is 32.1. The predicted octanol–water partition coefficient (Wildman–Crippen LogP) is 3.29. The molecule has 2 rings (SSSR count). The molecular formula is C14H14N2OS. The zero-order valence-electron chi connectivity index (χ0n) is 10.1. The summed E-state index contributed by atoms with van der Waals surface area (Å²) >= 11 is 1.40. The van der Waals surface area contributed by atoms with Crippen LogP contribution in [0.2, 0.25) is 0 Å². The Labute approximate surface area is 110 Å². The fraction of sp³-hybridized carbons (Fsp3) is 0.143. The second-order valence-corrected chi connectivity index (χ2v) is 4.64. The molecule has 3 nitrogen and oxygen atoms in total. The van der Waals surface area contributed by atoms with E-state index in [-0.39, 0.29) is 5.91 Å². The first kappa shape index (κ1) is 12.5. The van der Waals surface area contributed by atoms with E-state index >= 15 is 0 Å². The number of thiophene rings is 1. The predicted molar refractivity (Wildman–Crippen MR) is 75.1 cm³/mol. The summed E-state index contributed by atoms with van der Waals surface area (Å²) < 4.78 is 0. The molecule has 2 aromatic rings. The number of hydrogen-bond donors (Lipinski definition) is 1. The maximum atomic E-state index is 11.7. The number of hydrazone groups is 1. The number of carbonyl (C=O) groups is 1. The van der Waals surface area contributed by atoms with Crippen molar-refractivity contribution in [2.45, 2.75) is 13.3 Å². The van der Waals surface area contributed by atoms with Gasteiger partial charge in [0.2, 0.25) is 0 Å². The second kappa shape index (κ2) is 6.12. The topological polar surface area (TPSA) is 41.5 Å². The Hall–Kier alpha value is -1.94. The average Bonchev–Trinajstić information content (AvgIpc) is 2.94. The first-order chi connectivity index (χ1) is 8.81. The molecule has 1 N–H and O–H groups in total. The maximum Gasteiger partial charge on any atom is 0.281 e. The minimum absolute atomic E-state index is 0.160. The standard InChI is InChI=1S/C14H14N2OS/c1-2-12(11-7-4-3-5-8-11)15-16-14(17)13-9-6-10-18-13/h3-10H,2H2,1H3,(H,16,17)/b15-12+. The molecule has 0 radical (unpaired) electrons. The quantitative estimate of drug-likeness (QED) is 0.663. The van der Waals surface area contributed by atoms with Crippen LogP contribution in [-0.4, -0.2) is 11.6 Å². The van der Waals surface area contributed by atoms with Gasteiger partial charge in [-0.1, -0.05) is 43.3 Å². The monoisotopic (exact) mass is 258 g/mol. The molecule has 0 bridgehead atoms. The molecule has 0 spiro atoms. The van der Waals surface area contributed by atoms with Crippen molar-refractivity contribution in [3.05, 3.63) is 58.3 Å². The van der Waals surface area contributed by atoms with Crippen molar-refractivity contribution in [3.8, 4) is 0 Å². The molecule has 92 valence electrons. The smallest absolute Gasteiger partial charge is 0.266 e. The van der Waals surface area contributed by atoms with Gasteiger partial charge in [0, 0.05) is 0 Å². The molecule has 18 heavy (non-hydrogen) atoms. The zero-order chi connectivity index (χ0) is 12.8. The van der Waals surface area contributed by atoms with Gasteiger partial charge in [-0.2, -0.15) is 5.10 Å². The summed E-state index contributed by atoms with van der Waals surface area (Å²) in [6.07, 6.45) is 0.773. The highest BCUT2D eigenvalue weighted by molar-refractivity contribution is 7.12. The molecule has 0 saturated heterocycles. The maximum absolute atomic E-state index is 11.7. The van der Waals surface area contributed by atoms with Crippen molar-refractivity contribution in [2.24, 2.45) is 5.10 Å². The van der Waals surface area contributed by atoms with Gasteiger partial charge in [-0.05, 0) is 23.4 Å². The van der Waals surface area contributed by atoms with Crippen LogP contribution in [0, 0.1) is 0 Å². The summed E-state index contributed by atoms with van der Waals surface area (Å²) in [5.41, 5.74) is 4.50. The van der Waals surface area contributed by atoms with Gasteiger partial charge in [0.25, 0.3) is 5.91 Å². The van der Waals surface area contributed by atoms with E-state index in [2.05, 4.69) is 10.5 Å². The van der Waals surface area contributed by atoms with Crippen LogP contribution >= 0.6 is 11.3 Å². The molecule has 1 amide bonds. The van der Waals surface area contributed by atoms with Crippen LogP contribution < -0.4 is 5.43 Å². The van der Waals surface area contributed by atoms with E-state index in [1.165, 1.54) is 11.3 Å². The minimum atomic E-state index is -0.160. The van der Waals surface area contributed by atoms with E-state index in [0.717, 1.165) is 17.7 Å². The molecule has 0 fully saturated rings. The number of hydrogen-bond acceptors (Lipinski definition) is 3. The molecule has 0 unspecified atom stereocenters. The molecule has 1 aromatic carbocycles. The van der Waals surface area contributed by atoms with Crippen LogP contribution in [0.3, 0.4) is 0 Å². The van der Waals surface area contributed by atoms with Crippen LogP contribution in [0.15, 0.2) is 52.9 Å². The highest BCUT2D eigenvalue weighted by Crippen LogP contribution is 2.08. The lowest BCUT2D eigenvalue weighted by Crippen LogP contribution is -2.18. The zero-order valence-corrected chi connectivity index (χ0v) is 10.9. The van der Waals surface area contributed by atoms with Crippen molar-refractivity contribution >= 4 is 23.0 Å². The Bertz CT molecular complexity index is 532. The third kappa shape index (κ3) is 3.05. The van der Waals surface area contributed by atoms with Crippen molar-refractivity contribution < 1.29 is 4.79 Å². The second-order valence-electron chi connectivity index (χ2n) is 3.70. The summed E-state index contributed by atoms with van der Waals surface area (Å²) in [7, 11) is 0. The van der Waals surface area contributed by atoms with Gasteiger partial charge in [0.1, 0.15) is 0 Å². The molecule has 1 aromatic heterocycles. The van der Waals surface area contributed by atoms with Gasteiger partial charge in [-0.15, -0.1) is 11.3 Å². The molecule has 0 saturated carbocycles. The van der Waals surface area contributed by atoms with E-state index in [1.54, 1.807) is 6.07 Å². The van der Waals surface area contributed by atoms with Gasteiger partial charge in [0.15, 0.2) is 0 Å². The molecule has 0 aliphatic carbocycles. The fourth-order valence-electron chi connectivity index (χ4n) is 1.56. The van der Waals surface area contributed by atoms with Gasteiger partial charge in [-0.25, -0.2) is 5.43 Å².